The Hall–Kier alpha value is -1.92. The van der Waals surface area contributed by atoms with Crippen LogP contribution in [0.25, 0.3) is 5.69 Å². The van der Waals surface area contributed by atoms with E-state index < -0.39 is 5.82 Å². The molecule has 1 N–H and O–H groups in total. The zero-order chi connectivity index (χ0) is 16.6. The maximum Gasteiger partial charge on any atom is 0.253 e. The summed E-state index contributed by atoms with van der Waals surface area (Å²) < 4.78 is 16.0. The second-order valence-electron chi connectivity index (χ2n) is 6.07. The number of amides is 1. The number of nitrogens with zero attached hydrogens (tertiary/aromatic N) is 3. The molecule has 24 heavy (non-hydrogen) atoms. The number of carbonyl (C=O) groups excluding carboxylic acids is 1. The van der Waals surface area contributed by atoms with Crippen LogP contribution in [0.3, 0.4) is 0 Å². The fourth-order valence-corrected chi connectivity index (χ4v) is 3.02. The van der Waals surface area contributed by atoms with Crippen molar-refractivity contribution in [2.24, 2.45) is 0 Å². The van der Waals surface area contributed by atoms with E-state index in [4.69, 9.17) is 0 Å². The zero-order valence-corrected chi connectivity index (χ0v) is 14.9. The van der Waals surface area contributed by atoms with Crippen LogP contribution in [0, 0.1) is 19.7 Å². The van der Waals surface area contributed by atoms with Crippen molar-refractivity contribution in [2.45, 2.75) is 26.3 Å². The van der Waals surface area contributed by atoms with Crippen molar-refractivity contribution in [1.82, 2.24) is 20.0 Å². The number of aromatic nitrogens is 2. The standard InChI is InChI=1S/C17H21FN4O.ClH/c1-11-8-12(2)22(20-11)16-5-4-13(9-15(16)18)17(23)21(3)14-6-7-19-10-14;/h4-5,8-9,14,19H,6-7,10H2,1-3H3;1H. The van der Waals surface area contributed by atoms with E-state index in [-0.39, 0.29) is 24.4 Å². The van der Waals surface area contributed by atoms with E-state index in [0.29, 0.717) is 11.3 Å². The van der Waals surface area contributed by atoms with E-state index in [1.54, 1.807) is 28.8 Å². The normalized spacial score (nSPS) is 16.8. The monoisotopic (exact) mass is 352 g/mol. The molecule has 1 atom stereocenters. The van der Waals surface area contributed by atoms with E-state index in [1.807, 2.05) is 19.9 Å². The average Bonchev–Trinajstić information content (AvgIpc) is 3.15. The van der Waals surface area contributed by atoms with Gasteiger partial charge < -0.3 is 10.2 Å². The van der Waals surface area contributed by atoms with E-state index in [1.165, 1.54) is 6.07 Å². The summed E-state index contributed by atoms with van der Waals surface area (Å²) in [5, 5.41) is 7.52. The van der Waals surface area contributed by atoms with Gasteiger partial charge in [0.15, 0.2) is 0 Å². The maximum absolute atomic E-state index is 14.5. The Morgan fingerprint density at radius 3 is 2.67 bits per heavy atom. The van der Waals surface area contributed by atoms with Crippen LogP contribution in [-0.2, 0) is 0 Å². The molecule has 5 nitrogen and oxygen atoms in total. The molecule has 1 unspecified atom stereocenters. The fraction of sp³-hybridized carbons (Fsp3) is 0.412. The first kappa shape index (κ1) is 18.4. The number of nitrogens with one attached hydrogen (secondary N) is 1. The number of rotatable bonds is 3. The first-order valence-electron chi connectivity index (χ1n) is 7.78. The summed E-state index contributed by atoms with van der Waals surface area (Å²) in [6.07, 6.45) is 0.925. The van der Waals surface area contributed by atoms with Crippen LogP contribution in [-0.4, -0.2) is 46.8 Å². The second kappa shape index (κ2) is 7.32. The molecule has 1 aliphatic heterocycles. The van der Waals surface area contributed by atoms with Gasteiger partial charge in [0.1, 0.15) is 11.5 Å². The molecule has 0 radical (unpaired) electrons. The number of hydrogen-bond donors (Lipinski definition) is 1. The predicted molar refractivity (Wildman–Crippen MR) is 93.6 cm³/mol. The van der Waals surface area contributed by atoms with E-state index >= 15 is 0 Å². The van der Waals surface area contributed by atoms with Gasteiger partial charge in [-0.15, -0.1) is 12.4 Å². The summed E-state index contributed by atoms with van der Waals surface area (Å²) in [4.78, 5) is 14.2. The number of aryl methyl sites for hydroxylation is 2. The molecule has 1 aromatic carbocycles. The van der Waals surface area contributed by atoms with Crippen LogP contribution in [0.15, 0.2) is 24.3 Å². The second-order valence-corrected chi connectivity index (χ2v) is 6.07. The highest BCUT2D eigenvalue weighted by Gasteiger charge is 2.24. The lowest BCUT2D eigenvalue weighted by atomic mass is 10.1. The molecule has 1 saturated heterocycles. The van der Waals surface area contributed by atoms with E-state index in [0.717, 1.165) is 30.9 Å². The summed E-state index contributed by atoms with van der Waals surface area (Å²) in [6.45, 7) is 5.44. The molecule has 7 heteroatoms. The fourth-order valence-electron chi connectivity index (χ4n) is 3.02. The van der Waals surface area contributed by atoms with Gasteiger partial charge in [-0.25, -0.2) is 9.07 Å². The van der Waals surface area contributed by atoms with Gasteiger partial charge in [-0.2, -0.15) is 5.10 Å². The van der Waals surface area contributed by atoms with Crippen LogP contribution in [0.5, 0.6) is 0 Å². The summed E-state index contributed by atoms with van der Waals surface area (Å²) in [6, 6.07) is 6.63. The quantitative estimate of drug-likeness (QED) is 0.923. The minimum absolute atomic E-state index is 0. The Labute approximate surface area is 147 Å². The highest BCUT2D eigenvalue weighted by Crippen LogP contribution is 2.19. The Bertz CT molecular complexity index is 740. The molecule has 1 aliphatic rings. The Morgan fingerprint density at radius 2 is 2.12 bits per heavy atom. The van der Waals surface area contributed by atoms with Crippen molar-refractivity contribution in [3.63, 3.8) is 0 Å². The molecule has 0 aliphatic carbocycles. The van der Waals surface area contributed by atoms with Gasteiger partial charge in [-0.3, -0.25) is 4.79 Å². The molecule has 0 spiro atoms. The van der Waals surface area contributed by atoms with Crippen LogP contribution in [0.1, 0.15) is 28.2 Å². The van der Waals surface area contributed by atoms with Gasteiger partial charge in [0, 0.05) is 30.9 Å². The molecule has 130 valence electrons. The maximum atomic E-state index is 14.5. The van der Waals surface area contributed by atoms with Crippen molar-refractivity contribution in [3.05, 3.63) is 47.0 Å². The van der Waals surface area contributed by atoms with Gasteiger partial charge >= 0.3 is 0 Å². The summed E-state index contributed by atoms with van der Waals surface area (Å²) in [7, 11) is 1.77. The molecule has 0 bridgehead atoms. The lowest BCUT2D eigenvalue weighted by Crippen LogP contribution is -2.38. The molecule has 2 aromatic rings. The van der Waals surface area contributed by atoms with Crippen LogP contribution >= 0.6 is 12.4 Å². The summed E-state index contributed by atoms with van der Waals surface area (Å²) >= 11 is 0. The van der Waals surface area contributed by atoms with Gasteiger partial charge in [0.25, 0.3) is 5.91 Å². The van der Waals surface area contributed by atoms with Crippen LogP contribution < -0.4 is 5.32 Å². The van der Waals surface area contributed by atoms with Crippen LogP contribution in [0.4, 0.5) is 4.39 Å². The zero-order valence-electron chi connectivity index (χ0n) is 14.0. The molecule has 3 rings (SSSR count). The van der Waals surface area contributed by atoms with Crippen molar-refractivity contribution >= 4 is 18.3 Å². The number of halogens is 2. The molecule has 0 saturated carbocycles. The number of hydrogen-bond acceptors (Lipinski definition) is 3. The molecule has 1 fully saturated rings. The van der Waals surface area contributed by atoms with Gasteiger partial charge in [-0.05, 0) is 51.1 Å². The smallest absolute Gasteiger partial charge is 0.253 e. The van der Waals surface area contributed by atoms with Crippen LogP contribution in [0.2, 0.25) is 0 Å². The highest BCUT2D eigenvalue weighted by atomic mass is 35.5. The van der Waals surface area contributed by atoms with Crippen molar-refractivity contribution < 1.29 is 9.18 Å². The third-order valence-corrected chi connectivity index (χ3v) is 4.33. The summed E-state index contributed by atoms with van der Waals surface area (Å²) in [5.74, 6) is -0.600. The lowest BCUT2D eigenvalue weighted by Gasteiger charge is -2.24. The number of benzene rings is 1. The predicted octanol–water partition coefficient (Wildman–Crippen LogP) is 2.48. The topological polar surface area (TPSA) is 50.2 Å². The van der Waals surface area contributed by atoms with E-state index in [9.17, 15) is 9.18 Å². The minimum Gasteiger partial charge on any atom is -0.337 e. The Morgan fingerprint density at radius 1 is 1.38 bits per heavy atom. The molecular weight excluding hydrogens is 331 g/mol. The SMILES string of the molecule is Cc1cc(C)n(-c2ccc(C(=O)N(C)C3CCNC3)cc2F)n1.Cl. The van der Waals surface area contributed by atoms with Crippen molar-refractivity contribution in [2.75, 3.05) is 20.1 Å². The third-order valence-electron chi connectivity index (χ3n) is 4.33. The Balaban J connectivity index is 0.00000208. The first-order chi connectivity index (χ1) is 11.0. The molecular formula is C17H22ClFN4O. The lowest BCUT2D eigenvalue weighted by molar-refractivity contribution is 0.0743. The largest absolute Gasteiger partial charge is 0.337 e. The van der Waals surface area contributed by atoms with Gasteiger partial charge in [0.2, 0.25) is 0 Å². The molecule has 1 aromatic heterocycles. The summed E-state index contributed by atoms with van der Waals surface area (Å²) in [5.41, 5.74) is 2.41. The van der Waals surface area contributed by atoms with Crippen molar-refractivity contribution in [3.8, 4) is 5.69 Å². The molecule has 1 amide bonds. The average molecular weight is 353 g/mol. The van der Waals surface area contributed by atoms with Gasteiger partial charge in [0.05, 0.1) is 5.69 Å². The van der Waals surface area contributed by atoms with Gasteiger partial charge in [-0.1, -0.05) is 0 Å². The minimum atomic E-state index is -0.444. The number of likely N-dealkylation sites (N-methyl/N-ethyl adjacent to an activating group) is 1. The van der Waals surface area contributed by atoms with Crippen molar-refractivity contribution in [1.29, 1.82) is 0 Å². The third kappa shape index (κ3) is 3.44. The first-order valence-corrected chi connectivity index (χ1v) is 7.78. The number of carbonyl (C=O) groups is 1. The Kier molecular flexibility index (Phi) is 5.62. The highest BCUT2D eigenvalue weighted by molar-refractivity contribution is 5.94. The molecule has 2 heterocycles. The van der Waals surface area contributed by atoms with E-state index in [2.05, 4.69) is 10.4 Å².